The van der Waals surface area contributed by atoms with Gasteiger partial charge in [-0.2, -0.15) is 0 Å². The van der Waals surface area contributed by atoms with E-state index in [1.54, 1.807) is 24.5 Å². The molecule has 0 radical (unpaired) electrons. The molecule has 1 amide bonds. The minimum atomic E-state index is -0.235. The van der Waals surface area contributed by atoms with E-state index >= 15 is 0 Å². The standard InChI is InChI=1S/C20H23FN4OS/c1-14(2)7-10-23-19(26)12-25-18-11-22-9-8-17(18)24-20(25)27-13-15-5-3-4-6-16(15)21/h3-6,8-9,11,14H,7,10,12-13H2,1-2H3,(H,23,26). The second-order valence-electron chi connectivity index (χ2n) is 6.76. The highest BCUT2D eigenvalue weighted by atomic mass is 32.2. The summed E-state index contributed by atoms with van der Waals surface area (Å²) in [6.07, 6.45) is 4.32. The van der Waals surface area contributed by atoms with E-state index in [1.165, 1.54) is 17.8 Å². The van der Waals surface area contributed by atoms with Crippen molar-refractivity contribution in [1.82, 2.24) is 19.9 Å². The number of carbonyl (C=O) groups is 1. The Labute approximate surface area is 162 Å². The van der Waals surface area contributed by atoms with Crippen molar-refractivity contribution in [2.45, 2.75) is 37.7 Å². The van der Waals surface area contributed by atoms with Gasteiger partial charge in [0.15, 0.2) is 5.16 Å². The third kappa shape index (κ3) is 5.07. The molecule has 0 spiro atoms. The normalized spacial score (nSPS) is 11.3. The van der Waals surface area contributed by atoms with Crippen LogP contribution in [0.1, 0.15) is 25.8 Å². The number of nitrogens with one attached hydrogen (secondary N) is 1. The molecule has 0 unspecified atom stereocenters. The van der Waals surface area contributed by atoms with Crippen LogP contribution in [0.4, 0.5) is 4.39 Å². The van der Waals surface area contributed by atoms with Crippen molar-refractivity contribution in [3.8, 4) is 0 Å². The van der Waals surface area contributed by atoms with Crippen LogP contribution in [0, 0.1) is 11.7 Å². The SMILES string of the molecule is CC(C)CCNC(=O)Cn1c(SCc2ccccc2F)nc2ccncc21. The summed E-state index contributed by atoms with van der Waals surface area (Å²) in [5.41, 5.74) is 2.18. The van der Waals surface area contributed by atoms with Crippen molar-refractivity contribution in [1.29, 1.82) is 0 Å². The Morgan fingerprint density at radius 2 is 2.11 bits per heavy atom. The number of nitrogens with zero attached hydrogens (tertiary/aromatic N) is 3. The predicted molar refractivity (Wildman–Crippen MR) is 106 cm³/mol. The minimum Gasteiger partial charge on any atom is -0.355 e. The average Bonchev–Trinajstić information content (AvgIpc) is 2.98. The summed E-state index contributed by atoms with van der Waals surface area (Å²) < 4.78 is 15.7. The predicted octanol–water partition coefficient (Wildman–Crippen LogP) is 4.03. The van der Waals surface area contributed by atoms with Gasteiger partial charge < -0.3 is 9.88 Å². The molecule has 0 aliphatic rings. The zero-order valence-corrected chi connectivity index (χ0v) is 16.3. The first-order valence-electron chi connectivity index (χ1n) is 8.97. The number of thioether (sulfide) groups is 1. The van der Waals surface area contributed by atoms with Crippen LogP contribution in [0.3, 0.4) is 0 Å². The first kappa shape index (κ1) is 19.4. The maximum absolute atomic E-state index is 13.9. The van der Waals surface area contributed by atoms with Crippen LogP contribution in [-0.2, 0) is 17.1 Å². The van der Waals surface area contributed by atoms with E-state index in [9.17, 15) is 9.18 Å². The summed E-state index contributed by atoms with van der Waals surface area (Å²) >= 11 is 1.41. The lowest BCUT2D eigenvalue weighted by molar-refractivity contribution is -0.121. The second-order valence-corrected chi connectivity index (χ2v) is 7.70. The average molecular weight is 386 g/mol. The molecule has 2 aromatic heterocycles. The van der Waals surface area contributed by atoms with Crippen LogP contribution in [-0.4, -0.2) is 27.0 Å². The van der Waals surface area contributed by atoms with Gasteiger partial charge in [-0.05, 0) is 30.0 Å². The van der Waals surface area contributed by atoms with Crippen LogP contribution < -0.4 is 5.32 Å². The number of fused-ring (bicyclic) bond motifs is 1. The fraction of sp³-hybridized carbons (Fsp3) is 0.350. The lowest BCUT2D eigenvalue weighted by Crippen LogP contribution is -2.29. The molecule has 0 aliphatic carbocycles. The summed E-state index contributed by atoms with van der Waals surface area (Å²) in [5, 5.41) is 3.63. The van der Waals surface area contributed by atoms with E-state index in [4.69, 9.17) is 0 Å². The summed E-state index contributed by atoms with van der Waals surface area (Å²) in [4.78, 5) is 21.1. The van der Waals surface area contributed by atoms with E-state index in [-0.39, 0.29) is 18.3 Å². The van der Waals surface area contributed by atoms with Crippen LogP contribution in [0.5, 0.6) is 0 Å². The largest absolute Gasteiger partial charge is 0.355 e. The minimum absolute atomic E-state index is 0.0634. The molecule has 27 heavy (non-hydrogen) atoms. The molecular weight excluding hydrogens is 363 g/mol. The molecule has 5 nitrogen and oxygen atoms in total. The van der Waals surface area contributed by atoms with Crippen molar-refractivity contribution in [3.05, 3.63) is 54.1 Å². The lowest BCUT2D eigenvalue weighted by Gasteiger charge is -2.10. The van der Waals surface area contributed by atoms with Crippen LogP contribution in [0.25, 0.3) is 11.0 Å². The molecule has 0 aliphatic heterocycles. The molecule has 0 saturated heterocycles. The monoisotopic (exact) mass is 386 g/mol. The van der Waals surface area contributed by atoms with Gasteiger partial charge in [0.05, 0.1) is 17.2 Å². The highest BCUT2D eigenvalue weighted by Gasteiger charge is 2.15. The van der Waals surface area contributed by atoms with Crippen molar-refractivity contribution >= 4 is 28.7 Å². The van der Waals surface area contributed by atoms with Crippen molar-refractivity contribution in [2.24, 2.45) is 5.92 Å². The summed E-state index contributed by atoms with van der Waals surface area (Å²) in [5.74, 6) is 0.682. The second kappa shape index (κ2) is 8.99. The van der Waals surface area contributed by atoms with Gasteiger partial charge in [-0.1, -0.05) is 43.8 Å². The number of imidazole rings is 1. The number of amides is 1. The van der Waals surface area contributed by atoms with Gasteiger partial charge in [0.25, 0.3) is 0 Å². The molecule has 0 fully saturated rings. The third-order valence-corrected chi connectivity index (χ3v) is 5.20. The maximum Gasteiger partial charge on any atom is 0.240 e. The van der Waals surface area contributed by atoms with Gasteiger partial charge >= 0.3 is 0 Å². The molecule has 2 heterocycles. The molecular formula is C20H23FN4OS. The Morgan fingerprint density at radius 3 is 2.89 bits per heavy atom. The smallest absolute Gasteiger partial charge is 0.240 e. The number of hydrogen-bond acceptors (Lipinski definition) is 4. The number of halogens is 1. The Kier molecular flexibility index (Phi) is 6.45. The molecule has 0 bridgehead atoms. The van der Waals surface area contributed by atoms with Crippen LogP contribution in [0.2, 0.25) is 0 Å². The van der Waals surface area contributed by atoms with Crippen molar-refractivity contribution in [2.75, 3.05) is 6.54 Å². The summed E-state index contributed by atoms with van der Waals surface area (Å²) in [6.45, 7) is 5.07. The van der Waals surface area contributed by atoms with Gasteiger partial charge in [-0.25, -0.2) is 9.37 Å². The fourth-order valence-electron chi connectivity index (χ4n) is 2.67. The van der Waals surface area contributed by atoms with Gasteiger partial charge in [0.2, 0.25) is 5.91 Å². The van der Waals surface area contributed by atoms with Gasteiger partial charge in [0.1, 0.15) is 12.4 Å². The molecule has 0 saturated carbocycles. The molecule has 1 aromatic carbocycles. The summed E-state index contributed by atoms with van der Waals surface area (Å²) in [7, 11) is 0. The van der Waals surface area contributed by atoms with Crippen LogP contribution in [0.15, 0.2) is 47.9 Å². The zero-order chi connectivity index (χ0) is 19.2. The van der Waals surface area contributed by atoms with E-state index in [0.717, 1.165) is 17.5 Å². The highest BCUT2D eigenvalue weighted by molar-refractivity contribution is 7.98. The molecule has 3 aromatic rings. The first-order valence-corrected chi connectivity index (χ1v) is 9.96. The molecule has 7 heteroatoms. The van der Waals surface area contributed by atoms with Gasteiger partial charge in [-0.15, -0.1) is 0 Å². The van der Waals surface area contributed by atoms with Gasteiger partial charge in [0, 0.05) is 18.5 Å². The van der Waals surface area contributed by atoms with E-state index < -0.39 is 0 Å². The van der Waals surface area contributed by atoms with E-state index in [2.05, 4.69) is 29.1 Å². The molecule has 1 N–H and O–H groups in total. The third-order valence-electron chi connectivity index (χ3n) is 4.18. The van der Waals surface area contributed by atoms with E-state index in [0.29, 0.717) is 28.9 Å². The number of rotatable bonds is 8. The molecule has 0 atom stereocenters. The Morgan fingerprint density at radius 1 is 1.30 bits per heavy atom. The van der Waals surface area contributed by atoms with Gasteiger partial charge in [-0.3, -0.25) is 9.78 Å². The van der Waals surface area contributed by atoms with Crippen molar-refractivity contribution < 1.29 is 9.18 Å². The van der Waals surface area contributed by atoms with E-state index in [1.807, 2.05) is 16.7 Å². The topological polar surface area (TPSA) is 59.8 Å². The molecule has 3 rings (SSSR count). The Bertz CT molecular complexity index is 925. The number of carbonyl (C=O) groups excluding carboxylic acids is 1. The first-order chi connectivity index (χ1) is 13.0. The number of benzene rings is 1. The maximum atomic E-state index is 13.9. The fourth-order valence-corrected chi connectivity index (χ4v) is 3.67. The summed E-state index contributed by atoms with van der Waals surface area (Å²) in [6, 6.07) is 8.51. The Balaban J connectivity index is 1.77. The number of aromatic nitrogens is 3. The van der Waals surface area contributed by atoms with Crippen LogP contribution >= 0.6 is 11.8 Å². The highest BCUT2D eigenvalue weighted by Crippen LogP contribution is 2.27. The lowest BCUT2D eigenvalue weighted by atomic mass is 10.1. The number of hydrogen-bond donors (Lipinski definition) is 1. The quantitative estimate of drug-likeness (QED) is 0.594. The Hall–Kier alpha value is -2.41. The molecule has 142 valence electrons. The zero-order valence-electron chi connectivity index (χ0n) is 15.5. The number of pyridine rings is 1. The van der Waals surface area contributed by atoms with Crippen molar-refractivity contribution in [3.63, 3.8) is 0 Å².